The van der Waals surface area contributed by atoms with Gasteiger partial charge in [0, 0.05) is 29.3 Å². The van der Waals surface area contributed by atoms with Gasteiger partial charge in [-0.15, -0.1) is 0 Å². The molecule has 0 spiro atoms. The number of ketones is 2. The highest BCUT2D eigenvalue weighted by molar-refractivity contribution is 6.04. The number of amides is 2. The molecule has 1 fully saturated rings. The van der Waals surface area contributed by atoms with Crippen LogP contribution in [-0.4, -0.2) is 94.6 Å². The van der Waals surface area contributed by atoms with E-state index >= 15 is 0 Å². The first-order valence-electron chi connectivity index (χ1n) is 17.7. The maximum Gasteiger partial charge on any atom is 0.411 e. The lowest BCUT2D eigenvalue weighted by Gasteiger charge is -2.40. The van der Waals surface area contributed by atoms with E-state index in [4.69, 9.17) is 23.7 Å². The van der Waals surface area contributed by atoms with Crippen molar-refractivity contribution in [3.63, 3.8) is 0 Å². The minimum Gasteiger partial charge on any atom is -0.488 e. The maximum absolute atomic E-state index is 13.5. The lowest BCUT2D eigenvalue weighted by Crippen LogP contribution is -2.57. The van der Waals surface area contributed by atoms with Crippen LogP contribution in [0, 0.1) is 0 Å². The molecule has 0 saturated carbocycles. The molecule has 2 aromatic rings. The Balaban J connectivity index is 1.21. The Morgan fingerprint density at radius 1 is 0.923 bits per heavy atom. The Morgan fingerprint density at radius 3 is 2.27 bits per heavy atom. The third kappa shape index (κ3) is 8.74. The van der Waals surface area contributed by atoms with Crippen molar-refractivity contribution in [3.8, 4) is 16.9 Å². The zero-order valence-corrected chi connectivity index (χ0v) is 31.2. The molecule has 13 heteroatoms. The summed E-state index contributed by atoms with van der Waals surface area (Å²) in [4.78, 5) is 80.0. The largest absolute Gasteiger partial charge is 0.488 e. The topological polar surface area (TPSA) is 155 Å². The zero-order valence-electron chi connectivity index (χ0n) is 31.2. The van der Waals surface area contributed by atoms with Crippen molar-refractivity contribution in [1.29, 1.82) is 0 Å². The number of ether oxygens (including phenoxy) is 5. The molecule has 0 aromatic heterocycles. The zero-order chi connectivity index (χ0) is 38.1. The van der Waals surface area contributed by atoms with Gasteiger partial charge in [-0.1, -0.05) is 19.1 Å². The second kappa shape index (κ2) is 15.0. The Kier molecular flexibility index (Phi) is 11.0. The molecule has 5 rings (SSSR count). The van der Waals surface area contributed by atoms with Gasteiger partial charge in [0.25, 0.3) is 0 Å². The van der Waals surface area contributed by atoms with Crippen LogP contribution in [0.25, 0.3) is 11.1 Å². The summed E-state index contributed by atoms with van der Waals surface area (Å²) >= 11 is 0. The van der Waals surface area contributed by atoms with Gasteiger partial charge in [-0.25, -0.2) is 14.4 Å². The van der Waals surface area contributed by atoms with E-state index in [-0.39, 0.29) is 25.0 Å². The lowest BCUT2D eigenvalue weighted by atomic mass is 9.84. The molecule has 3 atom stereocenters. The average molecular weight is 721 g/mol. The van der Waals surface area contributed by atoms with Crippen molar-refractivity contribution in [1.82, 2.24) is 9.80 Å². The van der Waals surface area contributed by atoms with Crippen LogP contribution < -0.4 is 4.74 Å². The fourth-order valence-electron chi connectivity index (χ4n) is 6.14. The van der Waals surface area contributed by atoms with Crippen molar-refractivity contribution in [2.75, 3.05) is 19.7 Å². The second-order valence-corrected chi connectivity index (χ2v) is 15.4. The van der Waals surface area contributed by atoms with E-state index in [2.05, 4.69) is 0 Å². The van der Waals surface area contributed by atoms with Crippen molar-refractivity contribution < 1.29 is 52.5 Å². The van der Waals surface area contributed by atoms with E-state index in [0.29, 0.717) is 49.1 Å². The van der Waals surface area contributed by atoms with E-state index in [9.17, 15) is 28.8 Å². The number of aryl methyl sites for hydroxylation is 1. The standard InChI is InChI=1S/C39H48N2O11/c1-9-22(2)41(37(47)52-39(6,7)8)19-33(43)49-21-30(42)24-10-12-26-25(16-24)20-48-32-18-27-23(17-28(26)32)11-13-31(34(27)44)50-35(45)29-14-15-40(29)36(46)51-38(3,4)5/h10,12,16-18,22,29,31H,9,11,13-15,19-21H2,1-8H3/t22-,29?,31?/m0/s1. The van der Waals surface area contributed by atoms with Crippen molar-refractivity contribution in [2.45, 2.75) is 117 Å². The summed E-state index contributed by atoms with van der Waals surface area (Å²) in [6.45, 7) is 13.8. The van der Waals surface area contributed by atoms with Gasteiger partial charge in [0.2, 0.25) is 5.78 Å². The molecule has 280 valence electrons. The van der Waals surface area contributed by atoms with Crippen LogP contribution >= 0.6 is 0 Å². The predicted molar refractivity (Wildman–Crippen MR) is 188 cm³/mol. The molecule has 2 aliphatic heterocycles. The summed E-state index contributed by atoms with van der Waals surface area (Å²) in [6, 6.07) is 7.64. The van der Waals surface area contributed by atoms with Gasteiger partial charge < -0.3 is 23.7 Å². The summed E-state index contributed by atoms with van der Waals surface area (Å²) < 4.78 is 27.8. The Labute approximate surface area is 303 Å². The van der Waals surface area contributed by atoms with Crippen LogP contribution in [-0.2, 0) is 41.6 Å². The first-order chi connectivity index (χ1) is 24.3. The first kappa shape index (κ1) is 38.3. The van der Waals surface area contributed by atoms with Gasteiger partial charge >= 0.3 is 24.1 Å². The Hall–Kier alpha value is -4.94. The Morgan fingerprint density at radius 2 is 1.63 bits per heavy atom. The van der Waals surface area contributed by atoms with E-state index < -0.39 is 59.9 Å². The molecule has 2 aromatic carbocycles. The number of hydrogen-bond acceptors (Lipinski definition) is 11. The molecule has 2 heterocycles. The van der Waals surface area contributed by atoms with Gasteiger partial charge in [0.05, 0.1) is 0 Å². The van der Waals surface area contributed by atoms with Crippen LogP contribution in [0.2, 0.25) is 0 Å². The molecule has 1 aliphatic carbocycles. The highest BCUT2D eigenvalue weighted by Gasteiger charge is 2.43. The number of fused-ring (bicyclic) bond motifs is 4. The van der Waals surface area contributed by atoms with E-state index in [1.54, 1.807) is 72.7 Å². The molecule has 0 radical (unpaired) electrons. The SMILES string of the molecule is CC[C@H](C)N(CC(=O)OCC(=O)c1ccc2c(c1)COc1cc3c(cc1-2)CCC(OC(=O)C1CCN1C(=O)OC(C)(C)C)C3=O)C(=O)OC(C)(C)C. The molecular formula is C39H48N2O11. The van der Waals surface area contributed by atoms with Crippen LogP contribution in [0.3, 0.4) is 0 Å². The molecule has 1 saturated heterocycles. The van der Waals surface area contributed by atoms with Crippen LogP contribution in [0.1, 0.15) is 106 Å². The second-order valence-electron chi connectivity index (χ2n) is 15.4. The minimum atomic E-state index is -0.979. The quantitative estimate of drug-likeness (QED) is 0.169. The van der Waals surface area contributed by atoms with E-state index in [0.717, 1.165) is 22.3 Å². The number of nitrogens with zero attached hydrogens (tertiary/aromatic N) is 2. The summed E-state index contributed by atoms with van der Waals surface area (Å²) in [5, 5.41) is 0. The normalized spacial score (nSPS) is 18.3. The van der Waals surface area contributed by atoms with Crippen LogP contribution in [0.15, 0.2) is 30.3 Å². The highest BCUT2D eigenvalue weighted by atomic mass is 16.6. The number of Topliss-reactive ketones (excluding diaryl/α,β-unsaturated/α-hetero) is 2. The van der Waals surface area contributed by atoms with E-state index in [1.165, 1.54) is 9.80 Å². The van der Waals surface area contributed by atoms with Gasteiger partial charge in [0.15, 0.2) is 18.5 Å². The molecule has 52 heavy (non-hydrogen) atoms. The molecule has 0 bridgehead atoms. The fourth-order valence-corrected chi connectivity index (χ4v) is 6.14. The maximum atomic E-state index is 13.5. The minimum absolute atomic E-state index is 0.135. The van der Waals surface area contributed by atoms with Crippen molar-refractivity contribution in [3.05, 3.63) is 52.6 Å². The van der Waals surface area contributed by atoms with Gasteiger partial charge in [-0.05, 0) is 109 Å². The number of hydrogen-bond donors (Lipinski definition) is 0. The fraction of sp³-hybridized carbons (Fsp3) is 0.538. The molecule has 13 nitrogen and oxygen atoms in total. The molecular weight excluding hydrogens is 672 g/mol. The highest BCUT2D eigenvalue weighted by Crippen LogP contribution is 2.41. The third-order valence-corrected chi connectivity index (χ3v) is 9.13. The number of esters is 2. The third-order valence-electron chi connectivity index (χ3n) is 9.13. The monoisotopic (exact) mass is 720 g/mol. The summed E-state index contributed by atoms with van der Waals surface area (Å²) in [5.41, 5.74) is 2.45. The van der Waals surface area contributed by atoms with Gasteiger partial charge in [0.1, 0.15) is 36.1 Å². The molecule has 0 N–H and O–H groups in total. The van der Waals surface area contributed by atoms with Gasteiger partial charge in [-0.2, -0.15) is 0 Å². The number of carbonyl (C=O) groups is 6. The van der Waals surface area contributed by atoms with Crippen LogP contribution in [0.4, 0.5) is 9.59 Å². The number of benzene rings is 2. The van der Waals surface area contributed by atoms with E-state index in [1.807, 2.05) is 13.0 Å². The molecule has 2 unspecified atom stereocenters. The summed E-state index contributed by atoms with van der Waals surface area (Å²) in [5.74, 6) is -1.61. The lowest BCUT2D eigenvalue weighted by molar-refractivity contribution is -0.158. The Bertz CT molecular complexity index is 1770. The number of likely N-dealkylation sites (tertiary alicyclic amines) is 1. The first-order valence-corrected chi connectivity index (χ1v) is 17.7. The average Bonchev–Trinajstić information content (AvgIpc) is 3.03. The van der Waals surface area contributed by atoms with Crippen LogP contribution in [0.5, 0.6) is 5.75 Å². The number of carbonyl (C=O) groups excluding carboxylic acids is 6. The summed E-state index contributed by atoms with van der Waals surface area (Å²) in [7, 11) is 0. The smallest absolute Gasteiger partial charge is 0.411 e. The van der Waals surface area contributed by atoms with Crippen molar-refractivity contribution in [2.24, 2.45) is 0 Å². The molecule has 2 amide bonds. The number of rotatable bonds is 9. The predicted octanol–water partition coefficient (Wildman–Crippen LogP) is 6.06. The van der Waals surface area contributed by atoms with Crippen molar-refractivity contribution >= 4 is 35.7 Å². The molecule has 3 aliphatic rings. The van der Waals surface area contributed by atoms with Gasteiger partial charge in [-0.3, -0.25) is 24.2 Å². The summed E-state index contributed by atoms with van der Waals surface area (Å²) in [6.07, 6.45) is -0.403.